The smallest absolute Gasteiger partial charge is 0.0467 e. The van der Waals surface area contributed by atoms with E-state index in [2.05, 4.69) is 47.6 Å². The van der Waals surface area contributed by atoms with Gasteiger partial charge >= 0.3 is 0 Å². The molecular weight excluding hydrogens is 232 g/mol. The van der Waals surface area contributed by atoms with Gasteiger partial charge in [0.05, 0.1) is 0 Å². The summed E-state index contributed by atoms with van der Waals surface area (Å²) in [4.78, 5) is 1.56. The molecule has 0 aromatic heterocycles. The van der Waals surface area contributed by atoms with E-state index in [0.717, 1.165) is 0 Å². The molecule has 0 N–H and O–H groups in total. The van der Waals surface area contributed by atoms with Crippen LogP contribution in [0, 0.1) is 5.92 Å². The fourth-order valence-electron chi connectivity index (χ4n) is 2.15. The van der Waals surface area contributed by atoms with Crippen LogP contribution in [0.5, 0.6) is 0 Å². The Bertz CT molecular complexity index is 309. The Kier molecular flexibility index (Phi) is 5.06. The molecule has 16 heavy (non-hydrogen) atoms. The first-order chi connectivity index (χ1) is 7.44. The highest BCUT2D eigenvalue weighted by molar-refractivity contribution is 8.79. The number of rotatable bonds is 3. The fraction of sp³-hybridized carbons (Fsp3) is 0.714. The summed E-state index contributed by atoms with van der Waals surface area (Å²) in [6.07, 6.45) is 4.80. The van der Waals surface area contributed by atoms with Crippen molar-refractivity contribution in [3.8, 4) is 0 Å². The van der Waals surface area contributed by atoms with Crippen LogP contribution in [-0.2, 0) is 0 Å². The zero-order valence-electron chi connectivity index (χ0n) is 11.4. The summed E-state index contributed by atoms with van der Waals surface area (Å²) in [5.74, 6) is 0.673. The van der Waals surface area contributed by atoms with E-state index in [1.165, 1.54) is 12.8 Å². The van der Waals surface area contributed by atoms with Crippen molar-refractivity contribution in [3.63, 3.8) is 0 Å². The van der Waals surface area contributed by atoms with Crippen molar-refractivity contribution >= 4 is 21.6 Å². The lowest BCUT2D eigenvalue weighted by molar-refractivity contribution is 0.695. The van der Waals surface area contributed by atoms with Crippen LogP contribution in [0.15, 0.2) is 22.1 Å². The molecule has 1 fully saturated rings. The predicted molar refractivity (Wildman–Crippen MR) is 79.8 cm³/mol. The first kappa shape index (κ1) is 14.2. The third-order valence-corrected chi connectivity index (χ3v) is 6.39. The third kappa shape index (κ3) is 2.89. The van der Waals surface area contributed by atoms with E-state index in [0.29, 0.717) is 5.92 Å². The Morgan fingerprint density at radius 2 is 2.00 bits per heavy atom. The SMILES string of the molecule is C/C=C1\C(=C(\CCC)C(C)C)SSC1(C)C. The van der Waals surface area contributed by atoms with Gasteiger partial charge in [0.1, 0.15) is 0 Å². The molecular formula is C14H24S2. The second-order valence-corrected chi connectivity index (χ2v) is 7.90. The van der Waals surface area contributed by atoms with Gasteiger partial charge in [-0.15, -0.1) is 0 Å². The lowest BCUT2D eigenvalue weighted by Crippen LogP contribution is -2.13. The minimum Gasteiger partial charge on any atom is -0.0819 e. The Morgan fingerprint density at radius 1 is 1.38 bits per heavy atom. The van der Waals surface area contributed by atoms with E-state index in [9.17, 15) is 0 Å². The quantitative estimate of drug-likeness (QED) is 0.584. The minimum absolute atomic E-state index is 0.280. The molecule has 0 aromatic carbocycles. The largest absolute Gasteiger partial charge is 0.0819 e. The van der Waals surface area contributed by atoms with E-state index in [1.807, 2.05) is 21.6 Å². The van der Waals surface area contributed by atoms with E-state index in [1.54, 1.807) is 16.1 Å². The van der Waals surface area contributed by atoms with Gasteiger partial charge in [0.25, 0.3) is 0 Å². The predicted octanol–water partition coefficient (Wildman–Crippen LogP) is 5.82. The summed E-state index contributed by atoms with van der Waals surface area (Å²) in [5, 5.41) is 0. The molecule has 1 rings (SSSR count). The van der Waals surface area contributed by atoms with Crippen molar-refractivity contribution in [3.05, 3.63) is 22.1 Å². The second kappa shape index (κ2) is 5.68. The molecule has 0 atom stereocenters. The molecule has 1 aliphatic heterocycles. The summed E-state index contributed by atoms with van der Waals surface area (Å²) in [7, 11) is 3.99. The molecule has 2 heteroatoms. The molecule has 0 amide bonds. The van der Waals surface area contributed by atoms with Gasteiger partial charge in [0.2, 0.25) is 0 Å². The first-order valence-corrected chi connectivity index (χ1v) is 8.34. The van der Waals surface area contributed by atoms with E-state index < -0.39 is 0 Å². The molecule has 0 nitrogen and oxygen atoms in total. The van der Waals surface area contributed by atoms with Gasteiger partial charge in [-0.2, -0.15) is 0 Å². The van der Waals surface area contributed by atoms with Crippen molar-refractivity contribution < 1.29 is 0 Å². The van der Waals surface area contributed by atoms with Gasteiger partial charge in [0.15, 0.2) is 0 Å². The monoisotopic (exact) mass is 256 g/mol. The van der Waals surface area contributed by atoms with Crippen LogP contribution in [0.25, 0.3) is 0 Å². The van der Waals surface area contributed by atoms with Gasteiger partial charge < -0.3 is 0 Å². The van der Waals surface area contributed by atoms with Crippen LogP contribution in [0.4, 0.5) is 0 Å². The molecule has 0 unspecified atom stereocenters. The molecule has 0 aliphatic carbocycles. The molecule has 1 saturated heterocycles. The van der Waals surface area contributed by atoms with Gasteiger partial charge in [-0.05, 0) is 38.7 Å². The van der Waals surface area contributed by atoms with E-state index in [4.69, 9.17) is 0 Å². The number of hydrogen-bond donors (Lipinski definition) is 0. The normalized spacial score (nSPS) is 25.6. The summed E-state index contributed by atoms with van der Waals surface area (Å²) >= 11 is 0. The molecule has 1 aliphatic rings. The summed E-state index contributed by atoms with van der Waals surface area (Å²) in [6.45, 7) is 13.8. The molecule has 0 aromatic rings. The lowest BCUT2D eigenvalue weighted by atomic mass is 9.92. The van der Waals surface area contributed by atoms with Gasteiger partial charge in [0, 0.05) is 9.65 Å². The Morgan fingerprint density at radius 3 is 2.44 bits per heavy atom. The van der Waals surface area contributed by atoms with Crippen LogP contribution in [-0.4, -0.2) is 4.75 Å². The Balaban J connectivity index is 3.15. The standard InChI is InChI=1S/C14H24S2/c1-7-9-11(10(3)4)13-12(8-2)14(5,6)16-15-13/h8,10H,7,9H2,1-6H3/b12-8+,13-11+. The lowest BCUT2D eigenvalue weighted by Gasteiger charge is -2.19. The van der Waals surface area contributed by atoms with Crippen molar-refractivity contribution in [2.45, 2.75) is 59.1 Å². The van der Waals surface area contributed by atoms with Crippen molar-refractivity contribution in [2.24, 2.45) is 5.92 Å². The van der Waals surface area contributed by atoms with Crippen LogP contribution < -0.4 is 0 Å². The summed E-state index contributed by atoms with van der Waals surface area (Å²) in [6, 6.07) is 0. The summed E-state index contributed by atoms with van der Waals surface area (Å²) in [5.41, 5.74) is 3.19. The molecule has 0 spiro atoms. The molecule has 0 bridgehead atoms. The zero-order valence-corrected chi connectivity index (χ0v) is 13.0. The molecule has 1 heterocycles. The van der Waals surface area contributed by atoms with Crippen molar-refractivity contribution in [1.82, 2.24) is 0 Å². The number of hydrogen-bond acceptors (Lipinski definition) is 2. The van der Waals surface area contributed by atoms with E-state index in [-0.39, 0.29) is 4.75 Å². The first-order valence-electron chi connectivity index (χ1n) is 6.19. The maximum absolute atomic E-state index is 2.33. The highest BCUT2D eigenvalue weighted by Gasteiger charge is 2.35. The topological polar surface area (TPSA) is 0 Å². The molecule has 0 saturated carbocycles. The van der Waals surface area contributed by atoms with Gasteiger partial charge in [-0.1, -0.05) is 60.4 Å². The van der Waals surface area contributed by atoms with Crippen molar-refractivity contribution in [1.29, 1.82) is 0 Å². The Labute approximate surface area is 109 Å². The van der Waals surface area contributed by atoms with Gasteiger partial charge in [-0.25, -0.2) is 0 Å². The number of allylic oxidation sites excluding steroid dienone is 3. The Hall–Kier alpha value is 0.180. The maximum Gasteiger partial charge on any atom is 0.0467 e. The summed E-state index contributed by atoms with van der Waals surface area (Å²) < 4.78 is 0.280. The van der Waals surface area contributed by atoms with Crippen molar-refractivity contribution in [2.75, 3.05) is 0 Å². The zero-order chi connectivity index (χ0) is 12.3. The minimum atomic E-state index is 0.280. The average molecular weight is 256 g/mol. The van der Waals surface area contributed by atoms with E-state index >= 15 is 0 Å². The average Bonchev–Trinajstić information content (AvgIpc) is 2.49. The van der Waals surface area contributed by atoms with Gasteiger partial charge in [-0.3, -0.25) is 0 Å². The van der Waals surface area contributed by atoms with Crippen LogP contribution in [0.3, 0.4) is 0 Å². The maximum atomic E-state index is 2.33. The van der Waals surface area contributed by atoms with Crippen LogP contribution in [0.1, 0.15) is 54.4 Å². The molecule has 92 valence electrons. The highest BCUT2D eigenvalue weighted by atomic mass is 33.1. The fourth-order valence-corrected chi connectivity index (χ4v) is 5.46. The third-order valence-electron chi connectivity index (χ3n) is 3.02. The molecule has 0 radical (unpaired) electrons. The highest BCUT2D eigenvalue weighted by Crippen LogP contribution is 2.58. The van der Waals surface area contributed by atoms with Crippen LogP contribution >= 0.6 is 21.6 Å². The van der Waals surface area contributed by atoms with Crippen LogP contribution in [0.2, 0.25) is 0 Å². The second-order valence-electron chi connectivity index (χ2n) is 5.14.